The minimum Gasteiger partial charge on any atom is -0.300 e. The van der Waals surface area contributed by atoms with Crippen molar-refractivity contribution in [2.24, 2.45) is 0 Å². The van der Waals surface area contributed by atoms with Crippen molar-refractivity contribution in [3.05, 3.63) is 0 Å². The molecule has 1 aliphatic rings. The van der Waals surface area contributed by atoms with Crippen molar-refractivity contribution in [1.29, 1.82) is 0 Å². The quantitative estimate of drug-likeness (QED) is 0.343. The van der Waals surface area contributed by atoms with E-state index in [1.165, 1.54) is 24.2 Å². The molecule has 0 aromatic rings. The van der Waals surface area contributed by atoms with Gasteiger partial charge in [0.2, 0.25) is 11.8 Å². The highest BCUT2D eigenvalue weighted by Crippen LogP contribution is 2.26. The standard InChI is InChI=1S/C19H33NO3S/c1-3-14-24-17-15-18(22)20(19(17)23)13-11-9-7-5-4-6-8-10-12-16(2)21/h17H,3-15H2,1-2H3. The van der Waals surface area contributed by atoms with Crippen molar-refractivity contribution in [2.75, 3.05) is 12.3 Å². The lowest BCUT2D eigenvalue weighted by Gasteiger charge is -2.14. The van der Waals surface area contributed by atoms with Crippen LogP contribution in [-0.2, 0) is 14.4 Å². The van der Waals surface area contributed by atoms with Gasteiger partial charge in [-0.1, -0.05) is 45.4 Å². The number of imide groups is 1. The largest absolute Gasteiger partial charge is 0.300 e. The average molecular weight is 356 g/mol. The fraction of sp³-hybridized carbons (Fsp3) is 0.842. The number of unbranched alkanes of at least 4 members (excludes halogenated alkanes) is 7. The molecule has 0 aromatic heterocycles. The highest BCUT2D eigenvalue weighted by Gasteiger charge is 2.37. The summed E-state index contributed by atoms with van der Waals surface area (Å²) in [6, 6.07) is 0. The molecular weight excluding hydrogens is 322 g/mol. The van der Waals surface area contributed by atoms with E-state index in [0.29, 0.717) is 13.0 Å². The van der Waals surface area contributed by atoms with Crippen LogP contribution >= 0.6 is 11.8 Å². The molecule has 0 saturated carbocycles. The van der Waals surface area contributed by atoms with Crippen LogP contribution in [0.4, 0.5) is 0 Å². The highest BCUT2D eigenvalue weighted by atomic mass is 32.2. The number of hydrogen-bond donors (Lipinski definition) is 0. The fourth-order valence-electron chi connectivity index (χ4n) is 2.98. The number of hydrogen-bond acceptors (Lipinski definition) is 4. The number of thioether (sulfide) groups is 1. The molecule has 1 saturated heterocycles. The van der Waals surface area contributed by atoms with Gasteiger partial charge in [-0.15, -0.1) is 11.8 Å². The fourth-order valence-corrected chi connectivity index (χ4v) is 4.03. The van der Waals surface area contributed by atoms with E-state index in [0.717, 1.165) is 50.7 Å². The average Bonchev–Trinajstić information content (AvgIpc) is 2.81. The van der Waals surface area contributed by atoms with Crippen LogP contribution in [0.25, 0.3) is 0 Å². The van der Waals surface area contributed by atoms with Crippen LogP contribution in [-0.4, -0.2) is 40.0 Å². The minimum absolute atomic E-state index is 0.0130. The second-order valence-electron chi connectivity index (χ2n) is 6.73. The molecule has 24 heavy (non-hydrogen) atoms. The van der Waals surface area contributed by atoms with Crippen molar-refractivity contribution in [3.63, 3.8) is 0 Å². The Hall–Kier alpha value is -0.840. The van der Waals surface area contributed by atoms with E-state index in [9.17, 15) is 14.4 Å². The Morgan fingerprint density at radius 1 is 1.04 bits per heavy atom. The van der Waals surface area contributed by atoms with Gasteiger partial charge in [-0.2, -0.15) is 0 Å². The SMILES string of the molecule is CCCSC1CC(=O)N(CCCCCCCCCCC(C)=O)C1=O. The van der Waals surface area contributed by atoms with Gasteiger partial charge < -0.3 is 4.79 Å². The summed E-state index contributed by atoms with van der Waals surface area (Å²) < 4.78 is 0. The molecule has 0 radical (unpaired) electrons. The molecule has 2 amide bonds. The van der Waals surface area contributed by atoms with Gasteiger partial charge in [0.1, 0.15) is 5.78 Å². The molecule has 0 aromatic carbocycles. The van der Waals surface area contributed by atoms with Crippen molar-refractivity contribution < 1.29 is 14.4 Å². The number of nitrogens with zero attached hydrogens (tertiary/aromatic N) is 1. The Labute approximate surface area is 151 Å². The maximum atomic E-state index is 12.2. The number of amides is 2. The van der Waals surface area contributed by atoms with Gasteiger partial charge in [0.25, 0.3) is 0 Å². The molecule has 1 atom stereocenters. The Morgan fingerprint density at radius 3 is 2.21 bits per heavy atom. The summed E-state index contributed by atoms with van der Waals surface area (Å²) in [6.07, 6.45) is 11.1. The first kappa shape index (κ1) is 21.2. The molecule has 4 nitrogen and oxygen atoms in total. The predicted molar refractivity (Wildman–Crippen MR) is 100 cm³/mol. The topological polar surface area (TPSA) is 54.5 Å². The van der Waals surface area contributed by atoms with Gasteiger partial charge >= 0.3 is 0 Å². The lowest BCUT2D eigenvalue weighted by Crippen LogP contribution is -2.32. The Balaban J connectivity index is 2.02. The maximum Gasteiger partial charge on any atom is 0.242 e. The van der Waals surface area contributed by atoms with E-state index < -0.39 is 0 Å². The van der Waals surface area contributed by atoms with Gasteiger partial charge in [-0.3, -0.25) is 14.5 Å². The second kappa shape index (κ2) is 12.5. The van der Waals surface area contributed by atoms with Crippen LogP contribution < -0.4 is 0 Å². The summed E-state index contributed by atoms with van der Waals surface area (Å²) in [7, 11) is 0. The predicted octanol–water partition coefficient (Wildman–Crippen LogP) is 4.36. The molecule has 138 valence electrons. The van der Waals surface area contributed by atoms with Gasteiger partial charge in [0.15, 0.2) is 0 Å². The molecule has 5 heteroatoms. The number of rotatable bonds is 14. The molecule has 0 N–H and O–H groups in total. The Bertz CT molecular complexity index is 411. The third-order valence-electron chi connectivity index (χ3n) is 4.39. The molecule has 1 rings (SSSR count). The normalized spacial score (nSPS) is 17.8. The first-order valence-corrected chi connectivity index (χ1v) is 10.6. The summed E-state index contributed by atoms with van der Waals surface area (Å²) >= 11 is 1.62. The maximum absolute atomic E-state index is 12.2. The number of ketones is 1. The Morgan fingerprint density at radius 2 is 1.62 bits per heavy atom. The summed E-state index contributed by atoms with van der Waals surface area (Å²) in [4.78, 5) is 36.4. The third-order valence-corrected chi connectivity index (χ3v) is 5.80. The zero-order chi connectivity index (χ0) is 17.8. The lowest BCUT2D eigenvalue weighted by molar-refractivity contribution is -0.138. The molecule has 1 heterocycles. The second-order valence-corrected chi connectivity index (χ2v) is 8.04. The van der Waals surface area contributed by atoms with E-state index in [1.807, 2.05) is 0 Å². The zero-order valence-corrected chi connectivity index (χ0v) is 16.2. The van der Waals surface area contributed by atoms with Crippen molar-refractivity contribution in [3.8, 4) is 0 Å². The van der Waals surface area contributed by atoms with Crippen molar-refractivity contribution in [1.82, 2.24) is 4.90 Å². The summed E-state index contributed by atoms with van der Waals surface area (Å²) in [5, 5.41) is -0.132. The molecule has 0 aliphatic carbocycles. The van der Waals surface area contributed by atoms with Crippen LogP contribution in [0.1, 0.15) is 84.5 Å². The van der Waals surface area contributed by atoms with Crippen LogP contribution in [0.3, 0.4) is 0 Å². The smallest absolute Gasteiger partial charge is 0.242 e. The van der Waals surface area contributed by atoms with E-state index in [4.69, 9.17) is 0 Å². The molecular formula is C19H33NO3S. The lowest BCUT2D eigenvalue weighted by atomic mass is 10.1. The van der Waals surface area contributed by atoms with Gasteiger partial charge in [0.05, 0.1) is 5.25 Å². The van der Waals surface area contributed by atoms with Gasteiger partial charge in [-0.05, 0) is 31.9 Å². The molecule has 0 bridgehead atoms. The first-order chi connectivity index (χ1) is 11.6. The van der Waals surface area contributed by atoms with E-state index in [-0.39, 0.29) is 22.8 Å². The zero-order valence-electron chi connectivity index (χ0n) is 15.3. The third kappa shape index (κ3) is 8.32. The van der Waals surface area contributed by atoms with Crippen LogP contribution in [0, 0.1) is 0 Å². The summed E-state index contributed by atoms with van der Waals surface area (Å²) in [5.74, 6) is 1.28. The number of likely N-dealkylation sites (tertiary alicyclic amines) is 1. The molecule has 1 aliphatic heterocycles. The summed E-state index contributed by atoms with van der Waals surface area (Å²) in [5.41, 5.74) is 0. The number of carbonyl (C=O) groups excluding carboxylic acids is 3. The van der Waals surface area contributed by atoms with E-state index in [1.54, 1.807) is 18.7 Å². The number of Topliss-reactive ketones (excluding diaryl/α,β-unsaturated/α-hetero) is 1. The molecule has 1 fully saturated rings. The van der Waals surface area contributed by atoms with Crippen molar-refractivity contribution >= 4 is 29.4 Å². The number of carbonyl (C=O) groups is 3. The monoisotopic (exact) mass is 355 g/mol. The van der Waals surface area contributed by atoms with E-state index in [2.05, 4.69) is 6.92 Å². The van der Waals surface area contributed by atoms with Crippen molar-refractivity contribution in [2.45, 2.75) is 89.7 Å². The van der Waals surface area contributed by atoms with Gasteiger partial charge in [0, 0.05) is 19.4 Å². The van der Waals surface area contributed by atoms with Crippen LogP contribution in [0.2, 0.25) is 0 Å². The highest BCUT2D eigenvalue weighted by molar-refractivity contribution is 8.00. The first-order valence-electron chi connectivity index (χ1n) is 9.51. The van der Waals surface area contributed by atoms with Crippen LogP contribution in [0.5, 0.6) is 0 Å². The molecule has 0 spiro atoms. The minimum atomic E-state index is -0.132. The molecule has 1 unspecified atom stereocenters. The summed E-state index contributed by atoms with van der Waals surface area (Å²) in [6.45, 7) is 4.34. The van der Waals surface area contributed by atoms with E-state index >= 15 is 0 Å². The Kier molecular flexibility index (Phi) is 11.1. The van der Waals surface area contributed by atoms with Crippen LogP contribution in [0.15, 0.2) is 0 Å². The van der Waals surface area contributed by atoms with Gasteiger partial charge in [-0.25, -0.2) is 0 Å².